The molecular weight excluding hydrogens is 352 g/mol. The zero-order valence-corrected chi connectivity index (χ0v) is 15.8. The van der Waals surface area contributed by atoms with Crippen LogP contribution in [0, 0.1) is 0 Å². The predicted octanol–water partition coefficient (Wildman–Crippen LogP) is 3.79. The molecule has 0 saturated carbocycles. The monoisotopic (exact) mass is 374 g/mol. The fraction of sp³-hybridized carbons (Fsp3) is 0.300. The van der Waals surface area contributed by atoms with Gasteiger partial charge in [0.25, 0.3) is 0 Å². The van der Waals surface area contributed by atoms with Gasteiger partial charge < -0.3 is 15.4 Å². The Morgan fingerprint density at radius 3 is 2.31 bits per heavy atom. The molecule has 2 N–H and O–H groups in total. The predicted molar refractivity (Wildman–Crippen MR) is 102 cm³/mol. The van der Waals surface area contributed by atoms with Gasteiger partial charge in [0.2, 0.25) is 11.8 Å². The average Bonchev–Trinajstić information content (AvgIpc) is 2.61. The fourth-order valence-corrected chi connectivity index (χ4v) is 3.02. The molecule has 26 heavy (non-hydrogen) atoms. The zero-order valence-electron chi connectivity index (χ0n) is 15.1. The minimum atomic E-state index is -0.420. The van der Waals surface area contributed by atoms with Crippen LogP contribution in [0.1, 0.15) is 43.5 Å². The van der Waals surface area contributed by atoms with Gasteiger partial charge in [-0.15, -0.1) is 0 Å². The van der Waals surface area contributed by atoms with Crippen LogP contribution in [-0.4, -0.2) is 18.9 Å². The van der Waals surface area contributed by atoms with Crippen LogP contribution < -0.4 is 15.4 Å². The summed E-state index contributed by atoms with van der Waals surface area (Å²) in [6, 6.07) is 14.0. The molecule has 2 rings (SSSR count). The number of hydrogen-bond acceptors (Lipinski definition) is 3. The van der Waals surface area contributed by atoms with E-state index in [9.17, 15) is 9.59 Å². The molecule has 0 aromatic heterocycles. The first-order chi connectivity index (χ1) is 12.4. The van der Waals surface area contributed by atoms with Crippen molar-refractivity contribution in [3.05, 3.63) is 64.7 Å². The number of methoxy groups -OCH3 is 1. The standard InChI is InChI=1S/C20H23ClN2O3/c1-13(17-6-4-5-7-18(17)21)22-20(25)12-19(23-14(2)24)15-8-10-16(26-3)11-9-15/h4-11,13,19H,12H2,1-3H3,(H,22,25)(H,23,24). The molecule has 0 heterocycles. The van der Waals surface area contributed by atoms with Gasteiger partial charge in [0.15, 0.2) is 0 Å². The molecular formula is C20H23ClN2O3. The Hall–Kier alpha value is -2.53. The van der Waals surface area contributed by atoms with E-state index in [1.807, 2.05) is 37.3 Å². The van der Waals surface area contributed by atoms with Crippen molar-refractivity contribution in [1.29, 1.82) is 0 Å². The van der Waals surface area contributed by atoms with Crippen LogP contribution in [0.2, 0.25) is 5.02 Å². The SMILES string of the molecule is COc1ccc(C(CC(=O)NC(C)c2ccccc2Cl)NC(C)=O)cc1. The highest BCUT2D eigenvalue weighted by molar-refractivity contribution is 6.31. The van der Waals surface area contributed by atoms with Gasteiger partial charge in [-0.1, -0.05) is 41.9 Å². The summed E-state index contributed by atoms with van der Waals surface area (Å²) >= 11 is 6.18. The van der Waals surface area contributed by atoms with Crippen molar-refractivity contribution in [1.82, 2.24) is 10.6 Å². The normalized spacial score (nSPS) is 12.8. The molecule has 0 fully saturated rings. The largest absolute Gasteiger partial charge is 0.497 e. The lowest BCUT2D eigenvalue weighted by Crippen LogP contribution is -2.33. The molecule has 0 aliphatic rings. The van der Waals surface area contributed by atoms with E-state index < -0.39 is 6.04 Å². The zero-order chi connectivity index (χ0) is 19.1. The summed E-state index contributed by atoms with van der Waals surface area (Å²) in [4.78, 5) is 24.0. The highest BCUT2D eigenvalue weighted by Gasteiger charge is 2.19. The van der Waals surface area contributed by atoms with Crippen LogP contribution in [-0.2, 0) is 9.59 Å². The number of ether oxygens (including phenoxy) is 1. The molecule has 2 amide bonds. The van der Waals surface area contributed by atoms with Crippen molar-refractivity contribution in [3.8, 4) is 5.75 Å². The Morgan fingerprint density at radius 2 is 1.73 bits per heavy atom. The van der Waals surface area contributed by atoms with Crippen molar-refractivity contribution in [3.63, 3.8) is 0 Å². The summed E-state index contributed by atoms with van der Waals surface area (Å²) in [6.45, 7) is 3.31. The summed E-state index contributed by atoms with van der Waals surface area (Å²) in [6.07, 6.45) is 0.126. The smallest absolute Gasteiger partial charge is 0.222 e. The van der Waals surface area contributed by atoms with E-state index in [4.69, 9.17) is 16.3 Å². The summed E-state index contributed by atoms with van der Waals surface area (Å²) in [5.41, 5.74) is 1.68. The summed E-state index contributed by atoms with van der Waals surface area (Å²) in [5.74, 6) is 0.344. The summed E-state index contributed by atoms with van der Waals surface area (Å²) in [5, 5.41) is 6.36. The maximum Gasteiger partial charge on any atom is 0.222 e. The number of rotatable bonds is 7. The van der Waals surface area contributed by atoms with Crippen molar-refractivity contribution >= 4 is 23.4 Å². The van der Waals surface area contributed by atoms with Crippen LogP contribution in [0.5, 0.6) is 5.75 Å². The minimum absolute atomic E-state index is 0.126. The minimum Gasteiger partial charge on any atom is -0.497 e. The number of carbonyl (C=O) groups is 2. The molecule has 2 atom stereocenters. The Kier molecular flexibility index (Phi) is 7.04. The second-order valence-corrected chi connectivity index (χ2v) is 6.45. The molecule has 138 valence electrons. The van der Waals surface area contributed by atoms with Crippen molar-refractivity contribution in [2.45, 2.75) is 32.4 Å². The van der Waals surface area contributed by atoms with Gasteiger partial charge in [0.05, 0.1) is 25.6 Å². The van der Waals surface area contributed by atoms with Crippen LogP contribution >= 0.6 is 11.6 Å². The van der Waals surface area contributed by atoms with E-state index in [0.29, 0.717) is 10.8 Å². The summed E-state index contributed by atoms with van der Waals surface area (Å²) in [7, 11) is 1.59. The molecule has 2 unspecified atom stereocenters. The molecule has 2 aromatic carbocycles. The molecule has 6 heteroatoms. The van der Waals surface area contributed by atoms with Crippen LogP contribution in [0.4, 0.5) is 0 Å². The molecule has 2 aromatic rings. The number of hydrogen-bond donors (Lipinski definition) is 2. The van der Waals surface area contributed by atoms with Crippen LogP contribution in [0.25, 0.3) is 0 Å². The van der Waals surface area contributed by atoms with Crippen molar-refractivity contribution in [2.24, 2.45) is 0 Å². The number of halogens is 1. The Bertz CT molecular complexity index is 762. The van der Waals surface area contributed by atoms with Gasteiger partial charge in [-0.05, 0) is 36.2 Å². The lowest BCUT2D eigenvalue weighted by atomic mass is 10.0. The maximum atomic E-state index is 12.5. The Labute approximate surface area is 158 Å². The first-order valence-electron chi connectivity index (χ1n) is 8.35. The highest BCUT2D eigenvalue weighted by Crippen LogP contribution is 2.24. The van der Waals surface area contributed by atoms with Gasteiger partial charge in [-0.3, -0.25) is 9.59 Å². The average molecular weight is 375 g/mol. The third-order valence-electron chi connectivity index (χ3n) is 4.03. The van der Waals surface area contributed by atoms with E-state index >= 15 is 0 Å². The quantitative estimate of drug-likeness (QED) is 0.774. The molecule has 0 aliphatic carbocycles. The lowest BCUT2D eigenvalue weighted by Gasteiger charge is -2.21. The van der Waals surface area contributed by atoms with Gasteiger partial charge in [0, 0.05) is 11.9 Å². The van der Waals surface area contributed by atoms with Crippen molar-refractivity contribution < 1.29 is 14.3 Å². The lowest BCUT2D eigenvalue weighted by molar-refractivity contribution is -0.123. The number of carbonyl (C=O) groups excluding carboxylic acids is 2. The first kappa shape index (κ1) is 19.8. The molecule has 0 aliphatic heterocycles. The van der Waals surface area contributed by atoms with E-state index in [0.717, 1.165) is 11.1 Å². The first-order valence-corrected chi connectivity index (χ1v) is 8.73. The molecule has 0 bridgehead atoms. The van der Waals surface area contributed by atoms with Gasteiger partial charge in [-0.25, -0.2) is 0 Å². The molecule has 5 nitrogen and oxygen atoms in total. The van der Waals surface area contributed by atoms with E-state index in [2.05, 4.69) is 10.6 Å². The van der Waals surface area contributed by atoms with Crippen molar-refractivity contribution in [2.75, 3.05) is 7.11 Å². The van der Waals surface area contributed by atoms with Gasteiger partial charge in [0.1, 0.15) is 5.75 Å². The number of amides is 2. The van der Waals surface area contributed by atoms with Gasteiger partial charge >= 0.3 is 0 Å². The Balaban J connectivity index is 2.08. The number of benzene rings is 2. The number of nitrogens with one attached hydrogen (secondary N) is 2. The second-order valence-electron chi connectivity index (χ2n) is 6.04. The van der Waals surface area contributed by atoms with E-state index in [1.165, 1.54) is 6.92 Å². The topological polar surface area (TPSA) is 67.4 Å². The molecule has 0 spiro atoms. The molecule has 0 saturated heterocycles. The second kappa shape index (κ2) is 9.25. The maximum absolute atomic E-state index is 12.5. The summed E-state index contributed by atoms with van der Waals surface area (Å²) < 4.78 is 5.14. The highest BCUT2D eigenvalue weighted by atomic mass is 35.5. The van der Waals surface area contributed by atoms with Crippen LogP contribution in [0.3, 0.4) is 0 Å². The third kappa shape index (κ3) is 5.49. The third-order valence-corrected chi connectivity index (χ3v) is 4.38. The van der Waals surface area contributed by atoms with E-state index in [1.54, 1.807) is 25.3 Å². The van der Waals surface area contributed by atoms with E-state index in [-0.39, 0.29) is 24.3 Å². The molecule has 0 radical (unpaired) electrons. The fourth-order valence-electron chi connectivity index (χ4n) is 2.72. The van der Waals surface area contributed by atoms with Gasteiger partial charge in [-0.2, -0.15) is 0 Å². The Morgan fingerprint density at radius 1 is 1.08 bits per heavy atom. The van der Waals surface area contributed by atoms with Crippen LogP contribution in [0.15, 0.2) is 48.5 Å².